The van der Waals surface area contributed by atoms with Gasteiger partial charge in [0.1, 0.15) is 5.82 Å². The van der Waals surface area contributed by atoms with Gasteiger partial charge in [0.05, 0.1) is 5.69 Å². The Kier molecular flexibility index (Phi) is 4.05. The lowest BCUT2D eigenvalue weighted by Crippen LogP contribution is -1.99. The molecule has 0 aliphatic heterocycles. The van der Waals surface area contributed by atoms with Gasteiger partial charge in [0.15, 0.2) is 10.3 Å². The number of hydrogen-bond donors (Lipinski definition) is 1. The van der Waals surface area contributed by atoms with Crippen molar-refractivity contribution >= 4 is 33.9 Å². The number of nitrogens with zero attached hydrogens (tertiary/aromatic N) is 4. The number of hydrogen-bond acceptors (Lipinski definition) is 6. The molecule has 1 aliphatic rings. The zero-order chi connectivity index (χ0) is 15.6. The van der Waals surface area contributed by atoms with E-state index in [1.165, 1.54) is 12.8 Å². The molecule has 118 valence electrons. The van der Waals surface area contributed by atoms with Gasteiger partial charge in [-0.05, 0) is 31.9 Å². The van der Waals surface area contributed by atoms with E-state index < -0.39 is 0 Å². The molecule has 1 N–H and O–H groups in total. The second-order valence-electron chi connectivity index (χ2n) is 5.55. The Labute approximate surface area is 143 Å². The highest BCUT2D eigenvalue weighted by atomic mass is 32.2. The van der Waals surface area contributed by atoms with Crippen LogP contribution in [0.4, 0.5) is 10.8 Å². The number of aryl methyl sites for hydroxylation is 1. The fourth-order valence-corrected chi connectivity index (χ4v) is 4.20. The van der Waals surface area contributed by atoms with Crippen molar-refractivity contribution < 1.29 is 0 Å². The maximum atomic E-state index is 4.65. The summed E-state index contributed by atoms with van der Waals surface area (Å²) in [6.07, 6.45) is 2.49. The summed E-state index contributed by atoms with van der Waals surface area (Å²) in [5.74, 6) is 1.83. The van der Waals surface area contributed by atoms with Crippen molar-refractivity contribution in [2.45, 2.75) is 36.7 Å². The SMILES string of the molecule is Cc1nnc(SCc2csc(Nc3ccccc3)n2)n1C1CC1. The quantitative estimate of drug-likeness (QED) is 0.672. The van der Waals surface area contributed by atoms with E-state index >= 15 is 0 Å². The van der Waals surface area contributed by atoms with E-state index in [0.29, 0.717) is 6.04 Å². The normalized spacial score (nSPS) is 14.1. The van der Waals surface area contributed by atoms with Gasteiger partial charge in [0, 0.05) is 22.9 Å². The van der Waals surface area contributed by atoms with Crippen LogP contribution in [0.25, 0.3) is 0 Å². The molecule has 0 saturated heterocycles. The first-order chi connectivity index (χ1) is 11.3. The van der Waals surface area contributed by atoms with E-state index in [9.17, 15) is 0 Å². The van der Waals surface area contributed by atoms with Gasteiger partial charge in [0.25, 0.3) is 0 Å². The first kappa shape index (κ1) is 14.7. The first-order valence-corrected chi connectivity index (χ1v) is 9.47. The molecule has 1 aliphatic carbocycles. The standard InChI is InChI=1S/C16H17N5S2/c1-11-19-20-16(21(11)14-7-8-14)23-10-13-9-22-15(18-13)17-12-5-3-2-4-6-12/h2-6,9,14H,7-8,10H2,1H3,(H,17,18). The lowest BCUT2D eigenvalue weighted by Gasteiger charge is -2.05. The molecule has 1 aromatic carbocycles. The minimum atomic E-state index is 0.609. The zero-order valence-corrected chi connectivity index (χ0v) is 14.4. The monoisotopic (exact) mass is 343 g/mol. The highest BCUT2D eigenvalue weighted by Crippen LogP contribution is 2.39. The fraction of sp³-hybridized carbons (Fsp3) is 0.312. The number of nitrogens with one attached hydrogen (secondary N) is 1. The van der Waals surface area contributed by atoms with Gasteiger partial charge in [-0.15, -0.1) is 21.5 Å². The zero-order valence-electron chi connectivity index (χ0n) is 12.8. The Hall–Kier alpha value is -1.86. The van der Waals surface area contributed by atoms with E-state index in [2.05, 4.69) is 30.4 Å². The summed E-state index contributed by atoms with van der Waals surface area (Å²) in [4.78, 5) is 4.65. The van der Waals surface area contributed by atoms with Crippen molar-refractivity contribution in [2.75, 3.05) is 5.32 Å². The Morgan fingerprint density at radius 1 is 1.26 bits per heavy atom. The lowest BCUT2D eigenvalue weighted by molar-refractivity contribution is 0.644. The van der Waals surface area contributed by atoms with Gasteiger partial charge in [-0.3, -0.25) is 0 Å². The first-order valence-electron chi connectivity index (χ1n) is 7.60. The van der Waals surface area contributed by atoms with Gasteiger partial charge < -0.3 is 9.88 Å². The summed E-state index contributed by atoms with van der Waals surface area (Å²) < 4.78 is 2.26. The molecular weight excluding hydrogens is 326 g/mol. The van der Waals surface area contributed by atoms with Crippen LogP contribution in [0.5, 0.6) is 0 Å². The van der Waals surface area contributed by atoms with E-state index in [4.69, 9.17) is 0 Å². The van der Waals surface area contributed by atoms with Crippen LogP contribution in [0.3, 0.4) is 0 Å². The third-order valence-electron chi connectivity index (χ3n) is 3.67. The van der Waals surface area contributed by atoms with Gasteiger partial charge in [-0.1, -0.05) is 30.0 Å². The van der Waals surface area contributed by atoms with Crippen LogP contribution >= 0.6 is 23.1 Å². The predicted molar refractivity (Wildman–Crippen MR) is 94.4 cm³/mol. The van der Waals surface area contributed by atoms with Gasteiger partial charge in [-0.2, -0.15) is 0 Å². The Morgan fingerprint density at radius 3 is 2.87 bits per heavy atom. The number of thioether (sulfide) groups is 1. The molecule has 0 amide bonds. The molecule has 0 unspecified atom stereocenters. The molecule has 0 atom stereocenters. The molecule has 5 nitrogen and oxygen atoms in total. The van der Waals surface area contributed by atoms with E-state index in [0.717, 1.165) is 33.2 Å². The summed E-state index contributed by atoms with van der Waals surface area (Å²) in [5.41, 5.74) is 2.13. The molecule has 1 fully saturated rings. The van der Waals surface area contributed by atoms with Crippen LogP contribution < -0.4 is 5.32 Å². The van der Waals surface area contributed by atoms with Crippen LogP contribution in [0, 0.1) is 6.92 Å². The molecule has 2 heterocycles. The van der Waals surface area contributed by atoms with Crippen molar-refractivity contribution in [2.24, 2.45) is 0 Å². The molecule has 1 saturated carbocycles. The highest BCUT2D eigenvalue weighted by Gasteiger charge is 2.28. The minimum absolute atomic E-state index is 0.609. The van der Waals surface area contributed by atoms with Crippen molar-refractivity contribution in [3.63, 3.8) is 0 Å². The third-order valence-corrected chi connectivity index (χ3v) is 5.46. The van der Waals surface area contributed by atoms with Crippen LogP contribution in [-0.2, 0) is 5.75 Å². The summed E-state index contributed by atoms with van der Waals surface area (Å²) in [6.45, 7) is 2.03. The molecule has 2 aromatic heterocycles. The van der Waals surface area contributed by atoms with Crippen LogP contribution in [0.1, 0.15) is 30.4 Å². The molecule has 0 bridgehead atoms. The Balaban J connectivity index is 1.40. The lowest BCUT2D eigenvalue weighted by atomic mass is 10.3. The maximum Gasteiger partial charge on any atom is 0.191 e. The second kappa shape index (κ2) is 6.33. The van der Waals surface area contributed by atoms with E-state index in [-0.39, 0.29) is 0 Å². The maximum absolute atomic E-state index is 4.65. The van der Waals surface area contributed by atoms with Crippen LogP contribution in [0.2, 0.25) is 0 Å². The highest BCUT2D eigenvalue weighted by molar-refractivity contribution is 7.98. The third kappa shape index (κ3) is 3.40. The topological polar surface area (TPSA) is 55.6 Å². The van der Waals surface area contributed by atoms with Crippen LogP contribution in [-0.4, -0.2) is 19.7 Å². The number of para-hydroxylation sites is 1. The molecule has 0 radical (unpaired) electrons. The van der Waals surface area contributed by atoms with E-state index in [1.807, 2.05) is 37.3 Å². The number of benzene rings is 1. The van der Waals surface area contributed by atoms with Crippen molar-refractivity contribution in [3.8, 4) is 0 Å². The van der Waals surface area contributed by atoms with Crippen molar-refractivity contribution in [3.05, 3.63) is 47.2 Å². The number of anilines is 2. The number of aromatic nitrogens is 4. The molecule has 4 rings (SSSR count). The van der Waals surface area contributed by atoms with E-state index in [1.54, 1.807) is 23.1 Å². The molecule has 0 spiro atoms. The summed E-state index contributed by atoms with van der Waals surface area (Å²) >= 11 is 3.34. The predicted octanol–water partition coefficient (Wildman–Crippen LogP) is 4.41. The summed E-state index contributed by atoms with van der Waals surface area (Å²) in [7, 11) is 0. The minimum Gasteiger partial charge on any atom is -0.332 e. The average molecular weight is 343 g/mol. The smallest absolute Gasteiger partial charge is 0.191 e. The molecule has 23 heavy (non-hydrogen) atoms. The molecule has 3 aromatic rings. The Bertz CT molecular complexity index is 792. The average Bonchev–Trinajstić information content (AvgIpc) is 3.19. The van der Waals surface area contributed by atoms with Crippen molar-refractivity contribution in [1.82, 2.24) is 19.7 Å². The summed E-state index contributed by atoms with van der Waals surface area (Å²) in [5, 5.41) is 15.9. The van der Waals surface area contributed by atoms with Gasteiger partial charge >= 0.3 is 0 Å². The largest absolute Gasteiger partial charge is 0.332 e. The Morgan fingerprint density at radius 2 is 2.09 bits per heavy atom. The summed E-state index contributed by atoms with van der Waals surface area (Å²) in [6, 6.07) is 10.7. The molecular formula is C16H17N5S2. The van der Waals surface area contributed by atoms with Crippen molar-refractivity contribution in [1.29, 1.82) is 0 Å². The fourth-order valence-electron chi connectivity index (χ4n) is 2.42. The van der Waals surface area contributed by atoms with Gasteiger partial charge in [-0.25, -0.2) is 4.98 Å². The number of thiazole rings is 1. The van der Waals surface area contributed by atoms with Gasteiger partial charge in [0.2, 0.25) is 0 Å². The second-order valence-corrected chi connectivity index (χ2v) is 7.36. The number of rotatable bonds is 6. The van der Waals surface area contributed by atoms with Crippen LogP contribution in [0.15, 0.2) is 40.9 Å². The molecule has 7 heteroatoms.